The van der Waals surface area contributed by atoms with E-state index in [-0.39, 0.29) is 10.6 Å². The van der Waals surface area contributed by atoms with Gasteiger partial charge in [-0.2, -0.15) is 0 Å². The molecule has 0 saturated heterocycles. The summed E-state index contributed by atoms with van der Waals surface area (Å²) >= 11 is 3.66. The molecule has 2 heteroatoms. The van der Waals surface area contributed by atoms with Crippen molar-refractivity contribution in [3.63, 3.8) is 0 Å². The first-order valence-corrected chi connectivity index (χ1v) is 7.35. The highest BCUT2D eigenvalue weighted by atomic mass is 79.9. The van der Waals surface area contributed by atoms with Crippen LogP contribution in [-0.4, -0.2) is 0 Å². The van der Waals surface area contributed by atoms with Gasteiger partial charge in [0.2, 0.25) is 0 Å². The van der Waals surface area contributed by atoms with Gasteiger partial charge in [0, 0.05) is 4.83 Å². The van der Waals surface area contributed by atoms with E-state index in [0.29, 0.717) is 5.56 Å². The summed E-state index contributed by atoms with van der Waals surface area (Å²) in [4.78, 5) is 0.143. The third-order valence-corrected chi connectivity index (χ3v) is 4.40. The van der Waals surface area contributed by atoms with Crippen molar-refractivity contribution in [3.05, 3.63) is 70.0 Å². The summed E-state index contributed by atoms with van der Waals surface area (Å²) < 4.78 is 13.6. The van der Waals surface area contributed by atoms with Crippen LogP contribution >= 0.6 is 15.9 Å². The fourth-order valence-corrected chi connectivity index (χ4v) is 2.72. The Hall–Kier alpha value is -1.15. The third kappa shape index (κ3) is 3.44. The zero-order valence-electron chi connectivity index (χ0n) is 11.5. The van der Waals surface area contributed by atoms with Crippen molar-refractivity contribution < 1.29 is 4.39 Å². The summed E-state index contributed by atoms with van der Waals surface area (Å²) in [5.41, 5.74) is 5.55. The molecule has 19 heavy (non-hydrogen) atoms. The molecular weight excluding hydrogens is 303 g/mol. The third-order valence-electron chi connectivity index (χ3n) is 3.54. The minimum Gasteiger partial charge on any atom is -0.207 e. The van der Waals surface area contributed by atoms with E-state index >= 15 is 0 Å². The standard InChI is InChI=1S/C17H18BrF/c1-11-4-6-14(8-13(11)3)9-16(18)15-7-5-12(2)17(19)10-15/h4-8,10,16H,9H2,1-3H3. The van der Waals surface area contributed by atoms with Crippen LogP contribution in [0, 0.1) is 26.6 Å². The Bertz CT molecular complexity index is 590. The molecule has 0 aliphatic heterocycles. The normalized spacial score (nSPS) is 12.5. The highest BCUT2D eigenvalue weighted by molar-refractivity contribution is 9.09. The lowest BCUT2D eigenvalue weighted by Crippen LogP contribution is -1.98. The molecule has 2 aromatic rings. The minimum atomic E-state index is -0.137. The van der Waals surface area contributed by atoms with Crippen molar-refractivity contribution in [3.8, 4) is 0 Å². The van der Waals surface area contributed by atoms with Gasteiger partial charge >= 0.3 is 0 Å². The van der Waals surface area contributed by atoms with Gasteiger partial charge in [-0.25, -0.2) is 4.39 Å². The Morgan fingerprint density at radius 3 is 2.26 bits per heavy atom. The first-order valence-electron chi connectivity index (χ1n) is 6.43. The van der Waals surface area contributed by atoms with Crippen molar-refractivity contribution in [1.29, 1.82) is 0 Å². The predicted octanol–water partition coefficient (Wildman–Crippen LogP) is 5.43. The lowest BCUT2D eigenvalue weighted by Gasteiger charge is -2.12. The molecule has 0 aliphatic carbocycles. The van der Waals surface area contributed by atoms with E-state index in [1.807, 2.05) is 12.1 Å². The van der Waals surface area contributed by atoms with Crippen LogP contribution in [0.15, 0.2) is 36.4 Å². The molecule has 0 spiro atoms. The molecule has 0 radical (unpaired) electrons. The molecule has 0 nitrogen and oxygen atoms in total. The van der Waals surface area contributed by atoms with E-state index in [1.54, 1.807) is 13.0 Å². The summed E-state index contributed by atoms with van der Waals surface area (Å²) in [7, 11) is 0. The zero-order chi connectivity index (χ0) is 14.0. The Morgan fingerprint density at radius 2 is 1.63 bits per heavy atom. The summed E-state index contributed by atoms with van der Waals surface area (Å²) in [6, 6.07) is 11.9. The number of benzene rings is 2. The molecule has 0 bridgehead atoms. The van der Waals surface area contributed by atoms with Gasteiger partial charge in [-0.15, -0.1) is 0 Å². The maximum Gasteiger partial charge on any atom is 0.126 e. The molecular formula is C17H18BrF. The second-order valence-electron chi connectivity index (χ2n) is 5.10. The van der Waals surface area contributed by atoms with E-state index in [2.05, 4.69) is 48.0 Å². The van der Waals surface area contributed by atoms with Crippen LogP contribution in [0.4, 0.5) is 4.39 Å². The monoisotopic (exact) mass is 320 g/mol. The maximum absolute atomic E-state index is 13.6. The number of aryl methyl sites for hydroxylation is 3. The average Bonchev–Trinajstić information content (AvgIpc) is 2.37. The SMILES string of the molecule is Cc1ccc(CC(Br)c2ccc(C)c(F)c2)cc1C. The quantitative estimate of drug-likeness (QED) is 0.661. The highest BCUT2D eigenvalue weighted by Crippen LogP contribution is 2.28. The zero-order valence-corrected chi connectivity index (χ0v) is 13.1. The fourth-order valence-electron chi connectivity index (χ4n) is 2.06. The lowest BCUT2D eigenvalue weighted by atomic mass is 10.00. The Morgan fingerprint density at radius 1 is 0.947 bits per heavy atom. The van der Waals surface area contributed by atoms with E-state index in [4.69, 9.17) is 0 Å². The molecule has 1 unspecified atom stereocenters. The van der Waals surface area contributed by atoms with Gasteiger partial charge in [0.15, 0.2) is 0 Å². The highest BCUT2D eigenvalue weighted by Gasteiger charge is 2.11. The summed E-state index contributed by atoms with van der Waals surface area (Å²) in [6.45, 7) is 6.01. The number of halogens is 2. The van der Waals surface area contributed by atoms with E-state index < -0.39 is 0 Å². The van der Waals surface area contributed by atoms with Crippen LogP contribution in [0.5, 0.6) is 0 Å². The van der Waals surface area contributed by atoms with E-state index in [0.717, 1.165) is 12.0 Å². The first-order chi connectivity index (χ1) is 8.97. The maximum atomic E-state index is 13.6. The van der Waals surface area contributed by atoms with Crippen molar-refractivity contribution in [2.75, 3.05) is 0 Å². The molecule has 0 amide bonds. The number of alkyl halides is 1. The molecule has 2 aromatic carbocycles. The molecule has 0 N–H and O–H groups in total. The molecule has 0 fully saturated rings. The summed E-state index contributed by atoms with van der Waals surface area (Å²) in [6.07, 6.45) is 0.865. The van der Waals surface area contributed by atoms with Crippen molar-refractivity contribution in [1.82, 2.24) is 0 Å². The number of rotatable bonds is 3. The molecule has 0 aliphatic rings. The minimum absolute atomic E-state index is 0.137. The van der Waals surface area contributed by atoms with Crippen molar-refractivity contribution >= 4 is 15.9 Å². The second kappa shape index (κ2) is 5.87. The molecule has 0 saturated carbocycles. The van der Waals surface area contributed by atoms with Gasteiger partial charge in [-0.3, -0.25) is 0 Å². The predicted molar refractivity (Wildman–Crippen MR) is 82.4 cm³/mol. The Kier molecular flexibility index (Phi) is 4.41. The second-order valence-corrected chi connectivity index (χ2v) is 6.20. The molecule has 0 aromatic heterocycles. The first kappa shape index (κ1) is 14.3. The Labute approximate surface area is 122 Å². The topological polar surface area (TPSA) is 0 Å². The summed E-state index contributed by atoms with van der Waals surface area (Å²) in [5, 5.41) is 0. The van der Waals surface area contributed by atoms with Gasteiger partial charge in [0.05, 0.1) is 0 Å². The Balaban J connectivity index is 2.17. The number of hydrogen-bond donors (Lipinski definition) is 0. The van der Waals surface area contributed by atoms with E-state index in [9.17, 15) is 4.39 Å². The van der Waals surface area contributed by atoms with Gasteiger partial charge in [-0.1, -0.05) is 46.3 Å². The molecule has 100 valence electrons. The van der Waals surface area contributed by atoms with Crippen LogP contribution in [0.1, 0.15) is 32.6 Å². The smallest absolute Gasteiger partial charge is 0.126 e. The van der Waals surface area contributed by atoms with Gasteiger partial charge in [0.25, 0.3) is 0 Å². The van der Waals surface area contributed by atoms with Crippen LogP contribution < -0.4 is 0 Å². The van der Waals surface area contributed by atoms with Gasteiger partial charge in [-0.05, 0) is 61.1 Å². The largest absolute Gasteiger partial charge is 0.207 e. The molecule has 0 heterocycles. The lowest BCUT2D eigenvalue weighted by molar-refractivity contribution is 0.615. The van der Waals surface area contributed by atoms with Crippen molar-refractivity contribution in [2.45, 2.75) is 32.0 Å². The molecule has 2 rings (SSSR count). The van der Waals surface area contributed by atoms with Crippen LogP contribution in [-0.2, 0) is 6.42 Å². The van der Waals surface area contributed by atoms with Gasteiger partial charge < -0.3 is 0 Å². The van der Waals surface area contributed by atoms with Crippen LogP contribution in [0.3, 0.4) is 0 Å². The molecule has 1 atom stereocenters. The summed E-state index contributed by atoms with van der Waals surface area (Å²) in [5.74, 6) is -0.137. The van der Waals surface area contributed by atoms with E-state index in [1.165, 1.54) is 16.7 Å². The number of hydrogen-bond acceptors (Lipinski definition) is 0. The van der Waals surface area contributed by atoms with Crippen molar-refractivity contribution in [2.24, 2.45) is 0 Å². The van der Waals surface area contributed by atoms with Crippen LogP contribution in [0.2, 0.25) is 0 Å². The van der Waals surface area contributed by atoms with Gasteiger partial charge in [0.1, 0.15) is 5.82 Å². The van der Waals surface area contributed by atoms with Crippen LogP contribution in [0.25, 0.3) is 0 Å². The average molecular weight is 321 g/mol. The fraction of sp³-hybridized carbons (Fsp3) is 0.294.